The highest BCUT2D eigenvalue weighted by atomic mass is 16.6. The molecule has 0 saturated heterocycles. The van der Waals surface area contributed by atoms with E-state index in [1.165, 1.54) is 5.56 Å². The molecule has 1 aliphatic rings. The lowest BCUT2D eigenvalue weighted by atomic mass is 10.1. The van der Waals surface area contributed by atoms with Crippen LogP contribution in [0.2, 0.25) is 0 Å². The summed E-state index contributed by atoms with van der Waals surface area (Å²) < 4.78 is 10.5. The lowest BCUT2D eigenvalue weighted by Crippen LogP contribution is -2.26. The van der Waals surface area contributed by atoms with Crippen LogP contribution in [0.25, 0.3) is 0 Å². The Bertz CT molecular complexity index is 456. The lowest BCUT2D eigenvalue weighted by molar-refractivity contribution is -0.156. The summed E-state index contributed by atoms with van der Waals surface area (Å²) in [5.74, 6) is -0.259. The molecular weight excluding hydrogens is 254 g/mol. The van der Waals surface area contributed by atoms with Crippen molar-refractivity contribution >= 4 is 5.97 Å². The van der Waals surface area contributed by atoms with Crippen LogP contribution in [0.1, 0.15) is 25.3 Å². The second kappa shape index (κ2) is 7.70. The summed E-state index contributed by atoms with van der Waals surface area (Å²) in [5, 5.41) is 3.40. The van der Waals surface area contributed by atoms with Gasteiger partial charge in [0.05, 0.1) is 13.2 Å². The molecule has 4 heteroatoms. The smallest absolute Gasteiger partial charge is 0.335 e. The van der Waals surface area contributed by atoms with Crippen LogP contribution in [-0.2, 0) is 20.8 Å². The normalized spacial score (nSPS) is 18.9. The highest BCUT2D eigenvalue weighted by Crippen LogP contribution is 2.15. The fraction of sp³-hybridized carbons (Fsp3) is 0.438. The molecule has 0 radical (unpaired) electrons. The second-order valence-electron chi connectivity index (χ2n) is 4.68. The van der Waals surface area contributed by atoms with E-state index in [1.54, 1.807) is 6.92 Å². The van der Waals surface area contributed by atoms with Crippen molar-refractivity contribution in [2.75, 3.05) is 13.2 Å². The number of carbonyl (C=O) groups excluding carboxylic acids is 1. The maximum absolute atomic E-state index is 11.6. The van der Waals surface area contributed by atoms with Crippen molar-refractivity contribution in [3.63, 3.8) is 0 Å². The quantitative estimate of drug-likeness (QED) is 0.838. The summed E-state index contributed by atoms with van der Waals surface area (Å²) in [5.41, 5.74) is 2.36. The number of esters is 1. The molecule has 1 atom stereocenters. The van der Waals surface area contributed by atoms with Crippen LogP contribution in [0.3, 0.4) is 0 Å². The van der Waals surface area contributed by atoms with Crippen molar-refractivity contribution in [3.05, 3.63) is 47.7 Å². The molecule has 108 valence electrons. The second-order valence-corrected chi connectivity index (χ2v) is 4.68. The summed E-state index contributed by atoms with van der Waals surface area (Å²) >= 11 is 0. The van der Waals surface area contributed by atoms with Gasteiger partial charge in [-0.2, -0.15) is 0 Å². The fourth-order valence-electron chi connectivity index (χ4n) is 2.13. The minimum atomic E-state index is -0.442. The molecule has 1 N–H and O–H groups in total. The van der Waals surface area contributed by atoms with E-state index in [1.807, 2.05) is 24.3 Å². The zero-order valence-corrected chi connectivity index (χ0v) is 11.8. The Balaban J connectivity index is 1.80. The lowest BCUT2D eigenvalue weighted by Gasteiger charge is -2.13. The molecule has 0 bridgehead atoms. The number of benzene rings is 1. The monoisotopic (exact) mass is 275 g/mol. The molecule has 1 aromatic carbocycles. The molecule has 1 unspecified atom stereocenters. The van der Waals surface area contributed by atoms with Crippen LogP contribution in [0.15, 0.2) is 42.1 Å². The van der Waals surface area contributed by atoms with Crippen molar-refractivity contribution in [1.29, 1.82) is 0 Å². The minimum Gasteiger partial charge on any atom is -0.464 e. The Hall–Kier alpha value is -1.81. The number of allylic oxidation sites excluding steroid dienone is 1. The molecule has 1 aliphatic heterocycles. The third kappa shape index (κ3) is 4.38. The predicted molar refractivity (Wildman–Crippen MR) is 77.0 cm³/mol. The Kier molecular flexibility index (Phi) is 5.62. The van der Waals surface area contributed by atoms with Gasteiger partial charge in [-0.15, -0.1) is 0 Å². The largest absolute Gasteiger partial charge is 0.464 e. The molecule has 2 rings (SSSR count). The van der Waals surface area contributed by atoms with E-state index in [4.69, 9.17) is 9.47 Å². The van der Waals surface area contributed by atoms with Gasteiger partial charge in [-0.3, -0.25) is 0 Å². The van der Waals surface area contributed by atoms with E-state index < -0.39 is 6.10 Å². The molecule has 1 aromatic rings. The van der Waals surface area contributed by atoms with Gasteiger partial charge in [0, 0.05) is 12.2 Å². The van der Waals surface area contributed by atoms with Crippen LogP contribution < -0.4 is 5.32 Å². The molecule has 20 heavy (non-hydrogen) atoms. The number of hydrogen-bond acceptors (Lipinski definition) is 4. The zero-order chi connectivity index (χ0) is 14.2. The van der Waals surface area contributed by atoms with Crippen LogP contribution in [0.5, 0.6) is 0 Å². The van der Waals surface area contributed by atoms with Crippen molar-refractivity contribution in [1.82, 2.24) is 5.32 Å². The molecule has 0 fully saturated rings. The fourth-order valence-corrected chi connectivity index (χ4v) is 2.13. The summed E-state index contributed by atoms with van der Waals surface area (Å²) in [6, 6.07) is 10.2. The van der Waals surface area contributed by atoms with Crippen LogP contribution >= 0.6 is 0 Å². The van der Waals surface area contributed by atoms with Gasteiger partial charge in [0.1, 0.15) is 0 Å². The number of rotatable bonds is 5. The van der Waals surface area contributed by atoms with E-state index in [-0.39, 0.29) is 5.97 Å². The maximum atomic E-state index is 11.6. The van der Waals surface area contributed by atoms with Gasteiger partial charge >= 0.3 is 5.97 Å². The molecule has 0 amide bonds. The minimum absolute atomic E-state index is 0.259. The topological polar surface area (TPSA) is 47.6 Å². The number of carbonyl (C=O) groups is 1. The third-order valence-corrected chi connectivity index (χ3v) is 3.21. The molecule has 0 spiro atoms. The highest BCUT2D eigenvalue weighted by Gasteiger charge is 2.22. The first kappa shape index (κ1) is 14.6. The van der Waals surface area contributed by atoms with Gasteiger partial charge in [-0.05, 0) is 31.4 Å². The first-order valence-electron chi connectivity index (χ1n) is 7.04. The van der Waals surface area contributed by atoms with Gasteiger partial charge in [-0.1, -0.05) is 30.3 Å². The predicted octanol–water partition coefficient (Wildman–Crippen LogP) is 2.40. The van der Waals surface area contributed by atoms with Crippen molar-refractivity contribution in [2.45, 2.75) is 32.4 Å². The van der Waals surface area contributed by atoms with Gasteiger partial charge in [-0.25, -0.2) is 4.79 Å². The molecule has 0 aromatic heterocycles. The number of nitrogens with one attached hydrogen (secondary N) is 1. The van der Waals surface area contributed by atoms with Crippen LogP contribution in [0, 0.1) is 0 Å². The standard InChI is InChI=1S/C16H21NO3/c1-2-19-16(18)15-9-8-14(10-11-20-15)17-12-13-6-4-3-5-7-13/h3-7,10,15,17H,2,8-9,11-12H2,1H3. The number of hydrogen-bond donors (Lipinski definition) is 1. The summed E-state index contributed by atoms with van der Waals surface area (Å²) in [6.45, 7) is 3.43. The van der Waals surface area contributed by atoms with Gasteiger partial charge in [0.15, 0.2) is 6.10 Å². The molecule has 4 nitrogen and oxygen atoms in total. The molecule has 1 heterocycles. The highest BCUT2D eigenvalue weighted by molar-refractivity contribution is 5.74. The Morgan fingerprint density at radius 2 is 2.20 bits per heavy atom. The van der Waals surface area contributed by atoms with Crippen molar-refractivity contribution in [3.8, 4) is 0 Å². The van der Waals surface area contributed by atoms with E-state index in [2.05, 4.69) is 17.4 Å². The van der Waals surface area contributed by atoms with E-state index >= 15 is 0 Å². The van der Waals surface area contributed by atoms with Crippen molar-refractivity contribution < 1.29 is 14.3 Å². The zero-order valence-electron chi connectivity index (χ0n) is 11.8. The van der Waals surface area contributed by atoms with Gasteiger partial charge < -0.3 is 14.8 Å². The molecule has 0 saturated carbocycles. The van der Waals surface area contributed by atoms with Gasteiger partial charge in [0.25, 0.3) is 0 Å². The summed E-state index contributed by atoms with van der Waals surface area (Å²) in [6.07, 6.45) is 3.02. The first-order valence-corrected chi connectivity index (χ1v) is 7.04. The van der Waals surface area contributed by atoms with E-state index in [0.717, 1.165) is 18.7 Å². The average Bonchev–Trinajstić information content (AvgIpc) is 2.72. The molecule has 0 aliphatic carbocycles. The Morgan fingerprint density at radius 1 is 1.40 bits per heavy atom. The Labute approximate surface area is 119 Å². The number of ether oxygens (including phenoxy) is 2. The summed E-state index contributed by atoms with van der Waals surface area (Å²) in [4.78, 5) is 11.6. The third-order valence-electron chi connectivity index (χ3n) is 3.21. The van der Waals surface area contributed by atoms with Crippen LogP contribution in [-0.4, -0.2) is 25.3 Å². The van der Waals surface area contributed by atoms with Crippen molar-refractivity contribution in [2.24, 2.45) is 0 Å². The average molecular weight is 275 g/mol. The summed E-state index contributed by atoms with van der Waals surface area (Å²) in [7, 11) is 0. The maximum Gasteiger partial charge on any atom is 0.335 e. The first-order chi connectivity index (χ1) is 9.79. The Morgan fingerprint density at radius 3 is 2.95 bits per heavy atom. The van der Waals surface area contributed by atoms with E-state index in [0.29, 0.717) is 19.6 Å². The van der Waals surface area contributed by atoms with Gasteiger partial charge in [0.2, 0.25) is 0 Å². The van der Waals surface area contributed by atoms with E-state index in [9.17, 15) is 4.79 Å². The SMILES string of the molecule is CCOC(=O)C1CCC(NCc2ccccc2)=CCO1. The molecular formula is C16H21NO3. The van der Waals surface area contributed by atoms with Crippen LogP contribution in [0.4, 0.5) is 0 Å².